The molecule has 8 heteroatoms. The van der Waals surface area contributed by atoms with E-state index in [-0.39, 0.29) is 22.4 Å². The SMILES string of the molecule is C1CCCCC1.NC(=O)c1noc2cccc(OCC(F)(F)F)c12. The average Bonchev–Trinajstić information content (AvgIpc) is 2.99. The van der Waals surface area contributed by atoms with Crippen LogP contribution < -0.4 is 10.5 Å². The Bertz CT molecular complexity index is 667. The summed E-state index contributed by atoms with van der Waals surface area (Å²) in [4.78, 5) is 11.1. The van der Waals surface area contributed by atoms with Gasteiger partial charge in [-0.2, -0.15) is 13.2 Å². The van der Waals surface area contributed by atoms with E-state index < -0.39 is 18.7 Å². The largest absolute Gasteiger partial charge is 0.483 e. The van der Waals surface area contributed by atoms with Gasteiger partial charge in [0.25, 0.3) is 5.91 Å². The molecule has 0 spiro atoms. The highest BCUT2D eigenvalue weighted by atomic mass is 19.4. The van der Waals surface area contributed by atoms with Crippen LogP contribution in [0.5, 0.6) is 5.75 Å². The zero-order valence-electron chi connectivity index (χ0n) is 13.1. The second-order valence-electron chi connectivity index (χ2n) is 5.55. The summed E-state index contributed by atoms with van der Waals surface area (Å²) in [6.45, 7) is -1.48. The molecular formula is C16H19F3N2O3. The molecule has 1 fully saturated rings. The van der Waals surface area contributed by atoms with E-state index in [0.29, 0.717) is 0 Å². The van der Waals surface area contributed by atoms with Crippen molar-refractivity contribution in [2.24, 2.45) is 5.73 Å². The third-order valence-corrected chi connectivity index (χ3v) is 3.58. The number of primary amides is 1. The van der Waals surface area contributed by atoms with Crippen LogP contribution in [0.3, 0.4) is 0 Å². The smallest absolute Gasteiger partial charge is 0.422 e. The molecule has 1 amide bonds. The number of halogens is 3. The molecule has 1 aromatic heterocycles. The first kappa shape index (κ1) is 18.1. The number of ether oxygens (including phenoxy) is 1. The molecule has 1 aromatic carbocycles. The number of benzene rings is 1. The first-order valence-electron chi connectivity index (χ1n) is 7.76. The van der Waals surface area contributed by atoms with Gasteiger partial charge in [0.05, 0.1) is 5.39 Å². The average molecular weight is 344 g/mol. The maximum absolute atomic E-state index is 12.1. The lowest BCUT2D eigenvalue weighted by atomic mass is 10.0. The van der Waals surface area contributed by atoms with Crippen molar-refractivity contribution in [2.45, 2.75) is 44.7 Å². The summed E-state index contributed by atoms with van der Waals surface area (Å²) in [5.41, 5.74) is 4.90. The Balaban J connectivity index is 0.000000292. The van der Waals surface area contributed by atoms with Crippen molar-refractivity contribution < 1.29 is 27.2 Å². The van der Waals surface area contributed by atoms with Crippen LogP contribution in [0.1, 0.15) is 49.0 Å². The number of hydrogen-bond acceptors (Lipinski definition) is 4. The van der Waals surface area contributed by atoms with Crippen LogP contribution in [0, 0.1) is 0 Å². The number of rotatable bonds is 3. The van der Waals surface area contributed by atoms with Crippen LogP contribution in [0.2, 0.25) is 0 Å². The summed E-state index contributed by atoms with van der Waals surface area (Å²) in [7, 11) is 0. The number of hydrogen-bond donors (Lipinski definition) is 1. The van der Waals surface area contributed by atoms with E-state index in [1.54, 1.807) is 0 Å². The van der Waals surface area contributed by atoms with Crippen LogP contribution in [-0.4, -0.2) is 23.8 Å². The van der Waals surface area contributed by atoms with Gasteiger partial charge in [-0.3, -0.25) is 4.79 Å². The summed E-state index contributed by atoms with van der Waals surface area (Å²) in [6, 6.07) is 4.14. The second-order valence-corrected chi connectivity index (χ2v) is 5.55. The van der Waals surface area contributed by atoms with E-state index >= 15 is 0 Å². The fourth-order valence-corrected chi connectivity index (χ4v) is 2.47. The molecule has 2 aromatic rings. The number of aromatic nitrogens is 1. The Labute approximate surface area is 136 Å². The van der Waals surface area contributed by atoms with E-state index in [0.717, 1.165) is 0 Å². The number of carbonyl (C=O) groups is 1. The van der Waals surface area contributed by atoms with E-state index in [2.05, 4.69) is 9.89 Å². The summed E-state index contributed by atoms with van der Waals surface area (Å²) < 4.78 is 45.6. The number of fused-ring (bicyclic) bond motifs is 1. The molecular weight excluding hydrogens is 325 g/mol. The van der Waals surface area contributed by atoms with Crippen LogP contribution in [0.15, 0.2) is 22.7 Å². The molecule has 5 nitrogen and oxygen atoms in total. The molecule has 1 aliphatic rings. The minimum atomic E-state index is -4.48. The van der Waals surface area contributed by atoms with Crippen LogP contribution in [0.4, 0.5) is 13.2 Å². The molecule has 0 aliphatic heterocycles. The third-order valence-electron chi connectivity index (χ3n) is 3.58. The molecule has 1 aliphatic carbocycles. The first-order chi connectivity index (χ1) is 11.4. The number of alkyl halides is 3. The maximum atomic E-state index is 12.1. The van der Waals surface area contributed by atoms with Crippen molar-refractivity contribution in [3.05, 3.63) is 23.9 Å². The molecule has 0 unspecified atom stereocenters. The van der Waals surface area contributed by atoms with Gasteiger partial charge < -0.3 is 15.0 Å². The number of carbonyl (C=O) groups excluding carboxylic acids is 1. The molecule has 0 bridgehead atoms. The predicted octanol–water partition coefficient (Wildman–Crippen LogP) is 4.21. The lowest BCUT2D eigenvalue weighted by Gasteiger charge is -2.09. The Morgan fingerprint density at radius 2 is 1.75 bits per heavy atom. The van der Waals surface area contributed by atoms with Crippen LogP contribution in [-0.2, 0) is 0 Å². The van der Waals surface area contributed by atoms with Gasteiger partial charge in [-0.15, -0.1) is 0 Å². The summed E-state index contributed by atoms with van der Waals surface area (Å²) in [5, 5.41) is 3.43. The lowest BCUT2D eigenvalue weighted by Crippen LogP contribution is -2.19. The Hall–Kier alpha value is -2.25. The molecule has 3 rings (SSSR count). The number of amides is 1. The van der Waals surface area contributed by atoms with Gasteiger partial charge in [-0.25, -0.2) is 0 Å². The topological polar surface area (TPSA) is 78.4 Å². The van der Waals surface area contributed by atoms with E-state index in [4.69, 9.17) is 10.3 Å². The van der Waals surface area contributed by atoms with Gasteiger partial charge in [0.15, 0.2) is 17.9 Å². The van der Waals surface area contributed by atoms with Crippen molar-refractivity contribution in [3.8, 4) is 5.75 Å². The van der Waals surface area contributed by atoms with Gasteiger partial charge in [-0.1, -0.05) is 49.7 Å². The van der Waals surface area contributed by atoms with Crippen molar-refractivity contribution in [1.29, 1.82) is 0 Å². The highest BCUT2D eigenvalue weighted by Crippen LogP contribution is 2.30. The van der Waals surface area contributed by atoms with Crippen molar-refractivity contribution in [3.63, 3.8) is 0 Å². The molecule has 0 atom stereocenters. The highest BCUT2D eigenvalue weighted by Gasteiger charge is 2.29. The first-order valence-corrected chi connectivity index (χ1v) is 7.76. The highest BCUT2D eigenvalue weighted by molar-refractivity contribution is 6.05. The Morgan fingerprint density at radius 3 is 2.25 bits per heavy atom. The standard InChI is InChI=1S/C10H7F3N2O3.C6H12/c11-10(12,13)4-17-5-2-1-3-6-7(5)8(9(14)16)15-18-6;1-2-4-6-5-3-1/h1-3H,4H2,(H2,14,16);1-6H2. The van der Waals surface area contributed by atoms with Crippen molar-refractivity contribution in [1.82, 2.24) is 5.16 Å². The van der Waals surface area contributed by atoms with Crippen molar-refractivity contribution in [2.75, 3.05) is 6.61 Å². The molecule has 1 heterocycles. The molecule has 132 valence electrons. The number of nitrogens with zero attached hydrogens (tertiary/aromatic N) is 1. The zero-order valence-corrected chi connectivity index (χ0v) is 13.1. The minimum Gasteiger partial charge on any atom is -0.483 e. The fourth-order valence-electron chi connectivity index (χ4n) is 2.47. The maximum Gasteiger partial charge on any atom is 0.422 e. The Morgan fingerprint density at radius 1 is 1.17 bits per heavy atom. The lowest BCUT2D eigenvalue weighted by molar-refractivity contribution is -0.153. The van der Waals surface area contributed by atoms with Gasteiger partial charge >= 0.3 is 6.18 Å². The molecule has 0 radical (unpaired) electrons. The van der Waals surface area contributed by atoms with Crippen molar-refractivity contribution >= 4 is 16.9 Å². The molecule has 2 N–H and O–H groups in total. The predicted molar refractivity (Wildman–Crippen MR) is 81.8 cm³/mol. The molecule has 24 heavy (non-hydrogen) atoms. The minimum absolute atomic E-state index is 0.0363. The van der Waals surface area contributed by atoms with Crippen LogP contribution >= 0.6 is 0 Å². The fraction of sp³-hybridized carbons (Fsp3) is 0.500. The van der Waals surface area contributed by atoms with Crippen LogP contribution in [0.25, 0.3) is 11.0 Å². The zero-order chi connectivity index (χ0) is 17.6. The molecule has 0 saturated heterocycles. The van der Waals surface area contributed by atoms with E-state index in [9.17, 15) is 18.0 Å². The van der Waals surface area contributed by atoms with E-state index in [1.807, 2.05) is 0 Å². The summed E-state index contributed by atoms with van der Waals surface area (Å²) >= 11 is 0. The van der Waals surface area contributed by atoms with Gasteiger partial charge in [0.2, 0.25) is 0 Å². The van der Waals surface area contributed by atoms with Gasteiger partial charge in [0.1, 0.15) is 5.75 Å². The summed E-state index contributed by atoms with van der Waals surface area (Å²) in [6.07, 6.45) is 4.52. The monoisotopic (exact) mass is 344 g/mol. The third kappa shape index (κ3) is 5.14. The Kier molecular flexibility index (Phi) is 6.05. The van der Waals surface area contributed by atoms with E-state index in [1.165, 1.54) is 56.7 Å². The number of nitrogens with two attached hydrogens (primary N) is 1. The van der Waals surface area contributed by atoms with Gasteiger partial charge in [0, 0.05) is 0 Å². The second kappa shape index (κ2) is 8.03. The molecule has 1 saturated carbocycles. The summed E-state index contributed by atoms with van der Waals surface area (Å²) in [5.74, 6) is -1.06. The quantitative estimate of drug-likeness (QED) is 0.905. The normalized spacial score (nSPS) is 14.8. The van der Waals surface area contributed by atoms with Gasteiger partial charge in [-0.05, 0) is 12.1 Å².